The highest BCUT2D eigenvalue weighted by Crippen LogP contribution is 2.25. The Labute approximate surface area is 189 Å². The van der Waals surface area contributed by atoms with Crippen LogP contribution in [0.1, 0.15) is 5.56 Å². The van der Waals surface area contributed by atoms with E-state index in [2.05, 4.69) is 89.1 Å². The molecule has 0 spiro atoms. The minimum absolute atomic E-state index is 0.270. The van der Waals surface area contributed by atoms with E-state index in [1.165, 1.54) is 22.0 Å². The summed E-state index contributed by atoms with van der Waals surface area (Å²) in [5.41, 5.74) is 2.37. The van der Waals surface area contributed by atoms with Gasteiger partial charge in [-0.05, 0) is 52.7 Å². The number of hydrogen-bond donors (Lipinski definition) is 1. The van der Waals surface area contributed by atoms with Crippen LogP contribution < -0.4 is 19.7 Å². The SMILES string of the molecule is c1ccc(COc2ccc(N3CCNC[C@@H]3COc3ccc4ccccc4c3)cc2)cc1. The van der Waals surface area contributed by atoms with Gasteiger partial charge in [-0.1, -0.05) is 60.7 Å². The third-order valence-corrected chi connectivity index (χ3v) is 5.93. The van der Waals surface area contributed by atoms with Crippen molar-refractivity contribution in [3.8, 4) is 11.5 Å². The summed E-state index contributed by atoms with van der Waals surface area (Å²) in [5, 5.41) is 5.94. The van der Waals surface area contributed by atoms with Crippen LogP contribution >= 0.6 is 0 Å². The molecule has 0 aliphatic carbocycles. The molecule has 0 bridgehead atoms. The molecular formula is C28H28N2O2. The summed E-state index contributed by atoms with van der Waals surface area (Å²) >= 11 is 0. The molecule has 1 saturated heterocycles. The largest absolute Gasteiger partial charge is 0.491 e. The highest BCUT2D eigenvalue weighted by atomic mass is 16.5. The smallest absolute Gasteiger partial charge is 0.120 e. The van der Waals surface area contributed by atoms with E-state index in [1.807, 2.05) is 18.2 Å². The normalized spacial score (nSPS) is 16.1. The van der Waals surface area contributed by atoms with Crippen molar-refractivity contribution in [1.82, 2.24) is 5.32 Å². The van der Waals surface area contributed by atoms with Crippen molar-refractivity contribution in [1.29, 1.82) is 0 Å². The molecule has 162 valence electrons. The molecule has 1 atom stereocenters. The molecule has 4 nitrogen and oxygen atoms in total. The van der Waals surface area contributed by atoms with Crippen molar-refractivity contribution in [2.75, 3.05) is 31.1 Å². The van der Waals surface area contributed by atoms with E-state index in [4.69, 9.17) is 9.47 Å². The van der Waals surface area contributed by atoms with Gasteiger partial charge in [0, 0.05) is 25.3 Å². The van der Waals surface area contributed by atoms with Crippen LogP contribution in [0.2, 0.25) is 0 Å². The van der Waals surface area contributed by atoms with Crippen LogP contribution in [0.25, 0.3) is 10.8 Å². The second-order valence-corrected chi connectivity index (χ2v) is 8.14. The van der Waals surface area contributed by atoms with Gasteiger partial charge in [0.2, 0.25) is 0 Å². The number of piperazine rings is 1. The molecule has 32 heavy (non-hydrogen) atoms. The third-order valence-electron chi connectivity index (χ3n) is 5.93. The number of nitrogens with one attached hydrogen (secondary N) is 1. The fourth-order valence-electron chi connectivity index (χ4n) is 4.17. The van der Waals surface area contributed by atoms with Gasteiger partial charge in [-0.3, -0.25) is 0 Å². The van der Waals surface area contributed by atoms with Crippen LogP contribution in [0.15, 0.2) is 97.1 Å². The number of benzene rings is 4. The fraction of sp³-hybridized carbons (Fsp3) is 0.214. The average Bonchev–Trinajstić information content (AvgIpc) is 2.87. The molecule has 5 rings (SSSR count). The Hall–Kier alpha value is -3.50. The van der Waals surface area contributed by atoms with Gasteiger partial charge in [-0.25, -0.2) is 0 Å². The molecule has 4 aromatic carbocycles. The Kier molecular flexibility index (Phi) is 6.22. The quantitative estimate of drug-likeness (QED) is 0.438. The number of rotatable bonds is 7. The second kappa shape index (κ2) is 9.75. The van der Waals surface area contributed by atoms with Crippen molar-refractivity contribution < 1.29 is 9.47 Å². The molecule has 4 aromatic rings. The summed E-state index contributed by atoms with van der Waals surface area (Å²) in [7, 11) is 0. The summed E-state index contributed by atoms with van der Waals surface area (Å²) < 4.78 is 12.2. The van der Waals surface area contributed by atoms with Crippen LogP contribution in [0.5, 0.6) is 11.5 Å². The zero-order chi connectivity index (χ0) is 21.6. The predicted octanol–water partition coefficient (Wildman–Crippen LogP) is 5.28. The Morgan fingerprint density at radius 1 is 0.750 bits per heavy atom. The lowest BCUT2D eigenvalue weighted by Gasteiger charge is -2.37. The standard InChI is InChI=1S/C28H28N2O2/c1-2-6-22(7-3-1)20-31-27-14-11-25(12-15-27)30-17-16-29-19-26(30)21-32-28-13-10-23-8-4-5-9-24(23)18-28/h1-15,18,26,29H,16-17,19-21H2/t26-/m1/s1. The highest BCUT2D eigenvalue weighted by molar-refractivity contribution is 5.83. The van der Waals surface area contributed by atoms with Crippen molar-refractivity contribution in [2.45, 2.75) is 12.6 Å². The Morgan fingerprint density at radius 2 is 1.50 bits per heavy atom. The molecule has 1 fully saturated rings. The van der Waals surface area contributed by atoms with Gasteiger partial charge in [0.15, 0.2) is 0 Å². The lowest BCUT2D eigenvalue weighted by atomic mass is 10.1. The van der Waals surface area contributed by atoms with Gasteiger partial charge in [-0.15, -0.1) is 0 Å². The summed E-state index contributed by atoms with van der Waals surface area (Å²) in [5.74, 6) is 1.80. The van der Waals surface area contributed by atoms with E-state index in [9.17, 15) is 0 Å². The van der Waals surface area contributed by atoms with Gasteiger partial charge in [0.25, 0.3) is 0 Å². The summed E-state index contributed by atoms with van der Waals surface area (Å²) in [6.07, 6.45) is 0. The van der Waals surface area contributed by atoms with Gasteiger partial charge in [0.05, 0.1) is 6.04 Å². The van der Waals surface area contributed by atoms with E-state index in [0.717, 1.165) is 31.1 Å². The molecule has 1 aliphatic rings. The number of anilines is 1. The van der Waals surface area contributed by atoms with Gasteiger partial charge < -0.3 is 19.7 Å². The summed E-state index contributed by atoms with van der Waals surface area (Å²) in [6.45, 7) is 4.04. The first-order valence-corrected chi connectivity index (χ1v) is 11.2. The lowest BCUT2D eigenvalue weighted by Crippen LogP contribution is -2.54. The first-order valence-electron chi connectivity index (χ1n) is 11.2. The van der Waals surface area contributed by atoms with Gasteiger partial charge >= 0.3 is 0 Å². The monoisotopic (exact) mass is 424 g/mol. The third kappa shape index (κ3) is 4.87. The zero-order valence-electron chi connectivity index (χ0n) is 18.1. The predicted molar refractivity (Wildman–Crippen MR) is 131 cm³/mol. The van der Waals surface area contributed by atoms with E-state index in [-0.39, 0.29) is 6.04 Å². The van der Waals surface area contributed by atoms with Crippen LogP contribution in [0.4, 0.5) is 5.69 Å². The topological polar surface area (TPSA) is 33.7 Å². The van der Waals surface area contributed by atoms with Gasteiger partial charge in [0.1, 0.15) is 24.7 Å². The van der Waals surface area contributed by atoms with Gasteiger partial charge in [-0.2, -0.15) is 0 Å². The van der Waals surface area contributed by atoms with Crippen molar-refractivity contribution >= 4 is 16.5 Å². The number of hydrogen-bond acceptors (Lipinski definition) is 4. The zero-order valence-corrected chi connectivity index (χ0v) is 18.1. The number of fused-ring (bicyclic) bond motifs is 1. The molecule has 1 heterocycles. The Balaban J connectivity index is 1.22. The Bertz CT molecular complexity index is 1140. The number of ether oxygens (including phenoxy) is 2. The maximum Gasteiger partial charge on any atom is 0.120 e. The molecule has 1 N–H and O–H groups in total. The van der Waals surface area contributed by atoms with Crippen LogP contribution in [-0.2, 0) is 6.61 Å². The fourth-order valence-corrected chi connectivity index (χ4v) is 4.17. The molecule has 0 radical (unpaired) electrons. The van der Waals surface area contributed by atoms with E-state index in [0.29, 0.717) is 13.2 Å². The molecule has 0 unspecified atom stereocenters. The van der Waals surface area contributed by atoms with Crippen LogP contribution in [0, 0.1) is 0 Å². The first-order chi connectivity index (χ1) is 15.8. The lowest BCUT2D eigenvalue weighted by molar-refractivity contribution is 0.267. The molecule has 0 amide bonds. The Morgan fingerprint density at radius 3 is 2.34 bits per heavy atom. The second-order valence-electron chi connectivity index (χ2n) is 8.14. The van der Waals surface area contributed by atoms with Crippen molar-refractivity contribution in [2.24, 2.45) is 0 Å². The molecule has 1 aliphatic heterocycles. The van der Waals surface area contributed by atoms with Crippen LogP contribution in [-0.4, -0.2) is 32.3 Å². The summed E-state index contributed by atoms with van der Waals surface area (Å²) in [6, 6.07) is 33.6. The van der Waals surface area contributed by atoms with E-state index >= 15 is 0 Å². The summed E-state index contributed by atoms with van der Waals surface area (Å²) in [4.78, 5) is 2.43. The highest BCUT2D eigenvalue weighted by Gasteiger charge is 2.23. The molecule has 0 aromatic heterocycles. The van der Waals surface area contributed by atoms with Crippen molar-refractivity contribution in [3.63, 3.8) is 0 Å². The molecule has 4 heteroatoms. The number of nitrogens with zero attached hydrogens (tertiary/aromatic N) is 1. The maximum absolute atomic E-state index is 6.21. The first kappa shape index (κ1) is 20.4. The molecule has 0 saturated carbocycles. The van der Waals surface area contributed by atoms with Crippen molar-refractivity contribution in [3.05, 3.63) is 103 Å². The minimum Gasteiger partial charge on any atom is -0.491 e. The molecular weight excluding hydrogens is 396 g/mol. The maximum atomic E-state index is 6.21. The minimum atomic E-state index is 0.270. The van der Waals surface area contributed by atoms with Crippen LogP contribution in [0.3, 0.4) is 0 Å². The van der Waals surface area contributed by atoms with E-state index < -0.39 is 0 Å². The average molecular weight is 425 g/mol. The van der Waals surface area contributed by atoms with E-state index in [1.54, 1.807) is 0 Å².